The standard InChI is InChI=1S/C24H20FN5O3/c1-3-11-29-23-20(30(24(29)33)13-18(31)15-9-7-14(2)8-10-15)19(21(26)32)27-22(28-23)16-5-4-6-17(25)12-16/h3-10,12H,1,11,13H2,2H3,(H2,26,32). The first kappa shape index (κ1) is 21.8. The van der Waals surface area contributed by atoms with Gasteiger partial charge in [-0.3, -0.25) is 18.7 Å². The fourth-order valence-electron chi connectivity index (χ4n) is 3.55. The maximum Gasteiger partial charge on any atom is 0.331 e. The summed E-state index contributed by atoms with van der Waals surface area (Å²) >= 11 is 0. The molecule has 1 amide bonds. The average molecular weight is 445 g/mol. The lowest BCUT2D eigenvalue weighted by molar-refractivity contribution is 0.0966. The third kappa shape index (κ3) is 4.08. The van der Waals surface area contributed by atoms with Crippen LogP contribution in [0.25, 0.3) is 22.6 Å². The van der Waals surface area contributed by atoms with Crippen molar-refractivity contribution in [3.63, 3.8) is 0 Å². The van der Waals surface area contributed by atoms with Crippen LogP contribution < -0.4 is 11.4 Å². The Morgan fingerprint density at radius 3 is 2.48 bits per heavy atom. The Bertz CT molecular complexity index is 1470. The molecule has 2 heterocycles. The van der Waals surface area contributed by atoms with Crippen LogP contribution in [0.4, 0.5) is 4.39 Å². The van der Waals surface area contributed by atoms with Crippen LogP contribution in [0.2, 0.25) is 0 Å². The van der Waals surface area contributed by atoms with Crippen LogP contribution in [-0.4, -0.2) is 30.8 Å². The summed E-state index contributed by atoms with van der Waals surface area (Å²) in [6, 6.07) is 12.4. The highest BCUT2D eigenvalue weighted by Gasteiger charge is 2.24. The van der Waals surface area contributed by atoms with E-state index >= 15 is 0 Å². The van der Waals surface area contributed by atoms with Gasteiger partial charge < -0.3 is 5.73 Å². The van der Waals surface area contributed by atoms with E-state index in [9.17, 15) is 18.8 Å². The first-order valence-corrected chi connectivity index (χ1v) is 10.1. The number of allylic oxidation sites excluding steroid dienone is 1. The summed E-state index contributed by atoms with van der Waals surface area (Å²) in [7, 11) is 0. The van der Waals surface area contributed by atoms with Crippen molar-refractivity contribution in [1.82, 2.24) is 19.1 Å². The lowest BCUT2D eigenvalue weighted by Gasteiger charge is -2.08. The number of hydrogen-bond acceptors (Lipinski definition) is 5. The number of primary amides is 1. The number of rotatable bonds is 7. The molecular weight excluding hydrogens is 425 g/mol. The highest BCUT2D eigenvalue weighted by molar-refractivity contribution is 6.03. The second-order valence-corrected chi connectivity index (χ2v) is 7.50. The Balaban J connectivity index is 1.95. The van der Waals surface area contributed by atoms with Crippen molar-refractivity contribution < 1.29 is 14.0 Å². The monoisotopic (exact) mass is 445 g/mol. The molecule has 0 saturated carbocycles. The molecule has 0 atom stereocenters. The zero-order chi connectivity index (χ0) is 23.7. The number of hydrogen-bond donors (Lipinski definition) is 1. The molecule has 4 rings (SSSR count). The molecule has 0 aliphatic heterocycles. The molecule has 166 valence electrons. The molecule has 8 nitrogen and oxygen atoms in total. The van der Waals surface area contributed by atoms with Gasteiger partial charge in [0.2, 0.25) is 0 Å². The topological polar surface area (TPSA) is 113 Å². The third-order valence-electron chi connectivity index (χ3n) is 5.16. The van der Waals surface area contributed by atoms with E-state index in [1.807, 2.05) is 6.92 Å². The Morgan fingerprint density at radius 2 is 1.85 bits per heavy atom. The number of nitrogens with zero attached hydrogens (tertiary/aromatic N) is 4. The molecule has 0 spiro atoms. The van der Waals surface area contributed by atoms with E-state index in [0.717, 1.165) is 10.1 Å². The van der Waals surface area contributed by atoms with E-state index in [0.29, 0.717) is 11.1 Å². The molecule has 9 heteroatoms. The fourth-order valence-corrected chi connectivity index (χ4v) is 3.55. The van der Waals surface area contributed by atoms with Crippen LogP contribution in [0.3, 0.4) is 0 Å². The number of carbonyl (C=O) groups is 2. The summed E-state index contributed by atoms with van der Waals surface area (Å²) in [5.41, 5.74) is 6.61. The van der Waals surface area contributed by atoms with Gasteiger partial charge in [-0.2, -0.15) is 0 Å². The minimum Gasteiger partial charge on any atom is -0.364 e. The number of aromatic nitrogens is 4. The third-order valence-corrected chi connectivity index (χ3v) is 5.16. The van der Waals surface area contributed by atoms with E-state index in [-0.39, 0.29) is 41.6 Å². The molecule has 0 aliphatic rings. The zero-order valence-electron chi connectivity index (χ0n) is 17.8. The van der Waals surface area contributed by atoms with Crippen molar-refractivity contribution >= 4 is 22.9 Å². The van der Waals surface area contributed by atoms with Gasteiger partial charge in [-0.25, -0.2) is 19.2 Å². The first-order chi connectivity index (χ1) is 15.8. The molecule has 2 aromatic heterocycles. The average Bonchev–Trinajstić information content (AvgIpc) is 3.05. The summed E-state index contributed by atoms with van der Waals surface area (Å²) in [6.07, 6.45) is 1.49. The van der Waals surface area contributed by atoms with E-state index in [4.69, 9.17) is 5.73 Å². The minimum absolute atomic E-state index is 0.0237. The Labute approximate surface area is 187 Å². The van der Waals surface area contributed by atoms with Crippen LogP contribution in [0.5, 0.6) is 0 Å². The van der Waals surface area contributed by atoms with Gasteiger partial charge in [0, 0.05) is 17.7 Å². The molecule has 0 aliphatic carbocycles. The fraction of sp³-hybridized carbons (Fsp3) is 0.125. The van der Waals surface area contributed by atoms with E-state index in [2.05, 4.69) is 16.5 Å². The van der Waals surface area contributed by atoms with Gasteiger partial charge in [-0.05, 0) is 19.1 Å². The Morgan fingerprint density at radius 1 is 1.12 bits per heavy atom. The predicted molar refractivity (Wildman–Crippen MR) is 121 cm³/mol. The van der Waals surface area contributed by atoms with E-state index in [1.165, 1.54) is 28.8 Å². The number of fused-ring (bicyclic) bond motifs is 1. The normalized spacial score (nSPS) is 11.0. The van der Waals surface area contributed by atoms with Crippen molar-refractivity contribution in [3.05, 3.63) is 94.3 Å². The van der Waals surface area contributed by atoms with Gasteiger partial charge in [-0.15, -0.1) is 6.58 Å². The molecule has 0 bridgehead atoms. The second kappa shape index (κ2) is 8.62. The van der Waals surface area contributed by atoms with Gasteiger partial charge in [0.05, 0.1) is 6.54 Å². The maximum absolute atomic E-state index is 13.8. The van der Waals surface area contributed by atoms with Crippen molar-refractivity contribution in [1.29, 1.82) is 0 Å². The highest BCUT2D eigenvalue weighted by atomic mass is 19.1. The molecule has 2 N–H and O–H groups in total. The molecule has 0 fully saturated rings. The largest absolute Gasteiger partial charge is 0.364 e. The van der Waals surface area contributed by atoms with Crippen LogP contribution in [0.1, 0.15) is 26.4 Å². The van der Waals surface area contributed by atoms with Crippen LogP contribution >= 0.6 is 0 Å². The number of Topliss-reactive ketones (excluding diaryl/α,β-unsaturated/α-hetero) is 1. The lowest BCUT2D eigenvalue weighted by Crippen LogP contribution is -2.27. The molecule has 33 heavy (non-hydrogen) atoms. The number of benzene rings is 2. The smallest absolute Gasteiger partial charge is 0.331 e. The van der Waals surface area contributed by atoms with Crippen molar-refractivity contribution in [2.45, 2.75) is 20.0 Å². The van der Waals surface area contributed by atoms with E-state index < -0.39 is 17.4 Å². The molecule has 2 aromatic carbocycles. The summed E-state index contributed by atoms with van der Waals surface area (Å²) in [5.74, 6) is -1.73. The quantitative estimate of drug-likeness (QED) is 0.347. The molecule has 0 radical (unpaired) electrons. The van der Waals surface area contributed by atoms with Crippen molar-refractivity contribution in [2.75, 3.05) is 0 Å². The maximum atomic E-state index is 13.8. The summed E-state index contributed by atoms with van der Waals surface area (Å²) in [5, 5.41) is 0. The van der Waals surface area contributed by atoms with Crippen LogP contribution in [0, 0.1) is 12.7 Å². The van der Waals surface area contributed by atoms with Crippen LogP contribution in [-0.2, 0) is 13.1 Å². The number of amides is 1. The number of carbonyl (C=O) groups excluding carboxylic acids is 2. The minimum atomic E-state index is -0.910. The summed E-state index contributed by atoms with van der Waals surface area (Å²) in [4.78, 5) is 47.1. The zero-order valence-corrected chi connectivity index (χ0v) is 17.8. The molecular formula is C24H20FN5O3. The Kier molecular flexibility index (Phi) is 5.70. The van der Waals surface area contributed by atoms with E-state index in [1.54, 1.807) is 30.3 Å². The number of aryl methyl sites for hydroxylation is 1. The molecule has 0 saturated heterocycles. The van der Waals surface area contributed by atoms with Gasteiger partial charge in [-0.1, -0.05) is 48.0 Å². The first-order valence-electron chi connectivity index (χ1n) is 10.1. The molecule has 0 unspecified atom stereocenters. The Hall–Kier alpha value is -4.40. The van der Waals surface area contributed by atoms with Crippen molar-refractivity contribution in [2.24, 2.45) is 5.73 Å². The van der Waals surface area contributed by atoms with Gasteiger partial charge in [0.1, 0.15) is 11.3 Å². The number of nitrogens with two attached hydrogens (primary N) is 1. The second-order valence-electron chi connectivity index (χ2n) is 7.50. The number of imidazole rings is 1. The highest BCUT2D eigenvalue weighted by Crippen LogP contribution is 2.23. The predicted octanol–water partition coefficient (Wildman–Crippen LogP) is 2.88. The van der Waals surface area contributed by atoms with Crippen LogP contribution in [0.15, 0.2) is 66.0 Å². The SMILES string of the molecule is C=CCn1c(=O)n(CC(=O)c2ccc(C)cc2)c2c(C(N)=O)nc(-c3cccc(F)c3)nc21. The van der Waals surface area contributed by atoms with Crippen molar-refractivity contribution in [3.8, 4) is 11.4 Å². The lowest BCUT2D eigenvalue weighted by atomic mass is 10.1. The summed E-state index contributed by atoms with van der Waals surface area (Å²) in [6.45, 7) is 5.28. The van der Waals surface area contributed by atoms with Gasteiger partial charge >= 0.3 is 5.69 Å². The van der Waals surface area contributed by atoms with Gasteiger partial charge in [0.25, 0.3) is 5.91 Å². The van der Waals surface area contributed by atoms with Gasteiger partial charge in [0.15, 0.2) is 22.9 Å². The molecule has 4 aromatic rings. The number of halogens is 1. The summed E-state index contributed by atoms with van der Waals surface area (Å²) < 4.78 is 16.2. The number of ketones is 1.